The number of hydroxylamine groups is 2. The fourth-order valence-corrected chi connectivity index (χ4v) is 5.64. The molecule has 1 amide bonds. The van der Waals surface area contributed by atoms with Crippen molar-refractivity contribution in [3.05, 3.63) is 64.7 Å². The maximum Gasteiger partial charge on any atom is 0.497 e. The highest BCUT2D eigenvalue weighted by Crippen LogP contribution is 2.53. The molecule has 0 saturated carbocycles. The number of nitrogens with zero attached hydrogens (tertiary/aromatic N) is 2. The molecule has 2 aliphatic rings. The Morgan fingerprint density at radius 3 is 2.05 bits per heavy atom. The maximum absolute atomic E-state index is 14.8. The average molecular weight is 594 g/mol. The predicted molar refractivity (Wildman–Crippen MR) is 133 cm³/mol. The summed E-state index contributed by atoms with van der Waals surface area (Å²) in [6.07, 6.45) is -10.8. The van der Waals surface area contributed by atoms with Crippen molar-refractivity contribution in [1.29, 1.82) is 0 Å². The minimum Gasteiger partial charge on any atom is -0.303 e. The van der Waals surface area contributed by atoms with Gasteiger partial charge in [0, 0.05) is 18.2 Å². The number of benzene rings is 2. The summed E-state index contributed by atoms with van der Waals surface area (Å²) in [6.45, 7) is 4.93. The number of rotatable bonds is 3. The summed E-state index contributed by atoms with van der Waals surface area (Å²) in [6, 6.07) is 7.02. The number of halogens is 8. The first-order valence-electron chi connectivity index (χ1n) is 12.9. The molecule has 1 atom stereocenters. The van der Waals surface area contributed by atoms with E-state index in [1.807, 2.05) is 20.8 Å². The Balaban J connectivity index is 1.88. The van der Waals surface area contributed by atoms with Crippen LogP contribution >= 0.6 is 0 Å². The molecular formula is C28H29F8N2O3+. The van der Waals surface area contributed by atoms with E-state index in [1.54, 1.807) is 11.0 Å². The molecule has 2 heterocycles. The van der Waals surface area contributed by atoms with Crippen LogP contribution in [0.25, 0.3) is 0 Å². The van der Waals surface area contributed by atoms with Gasteiger partial charge in [-0.1, -0.05) is 32.9 Å². The summed E-state index contributed by atoms with van der Waals surface area (Å²) in [4.78, 5) is 32.7. The monoisotopic (exact) mass is 593 g/mol. The SMILES string of the molecule is CC(C)(C)c1ccc2c(c1)C1(CCN(CCC(F)(F)F)CC1)C[N+]2(OC(=O)C(F)(F)F)C(=O)c1c(F)cccc1F. The van der Waals surface area contributed by atoms with Crippen molar-refractivity contribution in [2.24, 2.45) is 0 Å². The number of carbonyl (C=O) groups excluding carboxylic acids is 2. The van der Waals surface area contributed by atoms with E-state index in [4.69, 9.17) is 4.84 Å². The minimum atomic E-state index is -5.54. The summed E-state index contributed by atoms with van der Waals surface area (Å²) < 4.78 is 107. The molecule has 0 bridgehead atoms. The topological polar surface area (TPSA) is 46.6 Å². The molecule has 224 valence electrons. The van der Waals surface area contributed by atoms with Crippen LogP contribution in [-0.4, -0.2) is 55.3 Å². The first kappa shape index (κ1) is 30.9. The van der Waals surface area contributed by atoms with Crippen LogP contribution in [0.3, 0.4) is 0 Å². The average Bonchev–Trinajstić information content (AvgIpc) is 3.11. The number of piperidine rings is 1. The molecular weight excluding hydrogens is 564 g/mol. The van der Waals surface area contributed by atoms with Crippen LogP contribution in [0.5, 0.6) is 0 Å². The van der Waals surface area contributed by atoms with E-state index in [0.717, 1.165) is 23.8 Å². The summed E-state index contributed by atoms with van der Waals surface area (Å²) >= 11 is 0. The lowest BCUT2D eigenvalue weighted by Gasteiger charge is -2.39. The zero-order chi connectivity index (χ0) is 30.6. The van der Waals surface area contributed by atoms with Crippen molar-refractivity contribution in [1.82, 2.24) is 9.55 Å². The molecule has 13 heteroatoms. The van der Waals surface area contributed by atoms with Gasteiger partial charge in [-0.3, -0.25) is 4.84 Å². The van der Waals surface area contributed by atoms with E-state index in [2.05, 4.69) is 0 Å². The van der Waals surface area contributed by atoms with Gasteiger partial charge in [0.25, 0.3) is 0 Å². The van der Waals surface area contributed by atoms with Gasteiger partial charge in [0.2, 0.25) is 0 Å². The molecule has 2 aliphatic heterocycles. The highest BCUT2D eigenvalue weighted by molar-refractivity contribution is 6.04. The van der Waals surface area contributed by atoms with Gasteiger partial charge in [-0.25, -0.2) is 18.4 Å². The standard InChI is InChI=1S/C28H29F8N2O3/c1-25(2,3)17-7-8-21-18(15-17)26(9-12-37(13-10-26)14-11-27(31,32)33)16-38(21,41-24(40)28(34,35)36)23(39)22-19(29)5-4-6-20(22)30/h4-8,15H,9-14,16H2,1-3H3/q+1. The predicted octanol–water partition coefficient (Wildman–Crippen LogP) is 6.73. The number of amides is 1. The van der Waals surface area contributed by atoms with Crippen LogP contribution in [-0.2, 0) is 20.5 Å². The quantitative estimate of drug-likeness (QED) is 0.293. The summed E-state index contributed by atoms with van der Waals surface area (Å²) in [5.74, 6) is -6.98. The number of hydrogen-bond donors (Lipinski definition) is 0. The Morgan fingerprint density at radius 1 is 0.951 bits per heavy atom. The maximum atomic E-state index is 14.8. The molecule has 1 fully saturated rings. The molecule has 41 heavy (non-hydrogen) atoms. The van der Waals surface area contributed by atoms with E-state index in [0.29, 0.717) is 5.56 Å². The molecule has 1 saturated heterocycles. The molecule has 0 N–H and O–H groups in total. The van der Waals surface area contributed by atoms with Gasteiger partial charge in [-0.15, -0.1) is 0 Å². The first-order chi connectivity index (χ1) is 18.8. The molecule has 1 unspecified atom stereocenters. The number of hydrogen-bond acceptors (Lipinski definition) is 4. The summed E-state index contributed by atoms with van der Waals surface area (Å²) in [5.41, 5.74) is -1.90. The van der Waals surface area contributed by atoms with Crippen molar-refractivity contribution in [2.75, 3.05) is 26.2 Å². The third kappa shape index (κ3) is 5.97. The second-order valence-corrected chi connectivity index (χ2v) is 11.6. The van der Waals surface area contributed by atoms with Crippen molar-refractivity contribution in [2.45, 2.75) is 63.2 Å². The fourth-order valence-electron chi connectivity index (χ4n) is 5.64. The number of carbonyl (C=O) groups is 2. The fraction of sp³-hybridized carbons (Fsp3) is 0.500. The van der Waals surface area contributed by atoms with Crippen molar-refractivity contribution >= 4 is 17.6 Å². The Morgan fingerprint density at radius 2 is 1.54 bits per heavy atom. The van der Waals surface area contributed by atoms with Gasteiger partial charge >= 0.3 is 24.2 Å². The molecule has 2 aromatic rings. The lowest BCUT2D eigenvalue weighted by molar-refractivity contribution is -0.226. The van der Waals surface area contributed by atoms with Crippen LogP contribution < -0.4 is 4.65 Å². The lowest BCUT2D eigenvalue weighted by Crippen LogP contribution is -2.59. The van der Waals surface area contributed by atoms with Gasteiger partial charge in [0.1, 0.15) is 18.2 Å². The zero-order valence-electron chi connectivity index (χ0n) is 22.6. The van der Waals surface area contributed by atoms with E-state index >= 15 is 0 Å². The molecule has 0 aromatic heterocycles. The largest absolute Gasteiger partial charge is 0.497 e. The zero-order valence-corrected chi connectivity index (χ0v) is 22.6. The summed E-state index contributed by atoms with van der Waals surface area (Å²) in [5, 5.41) is 0. The molecule has 4 rings (SSSR count). The number of fused-ring (bicyclic) bond motifs is 2. The summed E-state index contributed by atoms with van der Waals surface area (Å²) in [7, 11) is 0. The van der Waals surface area contributed by atoms with Gasteiger partial charge < -0.3 is 4.90 Å². The molecule has 0 aliphatic carbocycles. The van der Waals surface area contributed by atoms with Crippen LogP contribution in [0, 0.1) is 11.6 Å². The number of alkyl halides is 6. The Bertz CT molecular complexity index is 1320. The van der Waals surface area contributed by atoms with Crippen LogP contribution in [0.2, 0.25) is 0 Å². The van der Waals surface area contributed by atoms with Crippen molar-refractivity contribution < 1.29 is 49.5 Å². The van der Waals surface area contributed by atoms with Gasteiger partial charge in [-0.05, 0) is 59.8 Å². The lowest BCUT2D eigenvalue weighted by atomic mass is 9.72. The van der Waals surface area contributed by atoms with Gasteiger partial charge in [0.05, 0.1) is 11.8 Å². The van der Waals surface area contributed by atoms with E-state index < -0.39 is 69.9 Å². The second kappa shape index (κ2) is 10.3. The van der Waals surface area contributed by atoms with Gasteiger partial charge in [0.15, 0.2) is 11.3 Å². The first-order valence-corrected chi connectivity index (χ1v) is 12.9. The van der Waals surface area contributed by atoms with Crippen molar-refractivity contribution in [3.63, 3.8) is 0 Å². The third-order valence-electron chi connectivity index (χ3n) is 7.85. The van der Waals surface area contributed by atoms with Crippen molar-refractivity contribution in [3.8, 4) is 0 Å². The smallest absolute Gasteiger partial charge is 0.303 e. The minimum absolute atomic E-state index is 0.0993. The van der Waals surface area contributed by atoms with Gasteiger partial charge in [-0.2, -0.15) is 26.3 Å². The molecule has 5 nitrogen and oxygen atoms in total. The Kier molecular flexibility index (Phi) is 7.79. The molecule has 0 radical (unpaired) electrons. The van der Waals surface area contributed by atoms with E-state index in [1.165, 1.54) is 12.1 Å². The van der Waals surface area contributed by atoms with Crippen LogP contribution in [0.1, 0.15) is 61.5 Å². The third-order valence-corrected chi connectivity index (χ3v) is 7.85. The molecule has 2 aromatic carbocycles. The molecule has 1 spiro atoms. The second-order valence-electron chi connectivity index (χ2n) is 11.6. The van der Waals surface area contributed by atoms with Crippen LogP contribution in [0.4, 0.5) is 40.8 Å². The van der Waals surface area contributed by atoms with Crippen LogP contribution in [0.15, 0.2) is 36.4 Å². The highest BCUT2D eigenvalue weighted by atomic mass is 19.4. The normalized spacial score (nSPS) is 21.1. The Hall–Kier alpha value is -3.06. The Labute approximate surface area is 231 Å². The highest BCUT2D eigenvalue weighted by Gasteiger charge is 2.64. The number of quaternary nitrogens is 1. The number of likely N-dealkylation sites (tertiary alicyclic amines) is 1. The van der Waals surface area contributed by atoms with E-state index in [9.17, 15) is 44.7 Å². The van der Waals surface area contributed by atoms with E-state index in [-0.39, 0.29) is 38.2 Å².